The SMILES string of the molecule is O=S(=O)(Nc1ccc(O)cc1)c1ccc(Oc2ccccc2Cl)cc1. The van der Waals surface area contributed by atoms with Crippen LogP contribution >= 0.6 is 11.6 Å². The van der Waals surface area contributed by atoms with Gasteiger partial charge < -0.3 is 9.84 Å². The minimum Gasteiger partial charge on any atom is -0.508 e. The molecule has 0 fully saturated rings. The highest BCUT2D eigenvalue weighted by molar-refractivity contribution is 7.92. The Morgan fingerprint density at radius 2 is 1.52 bits per heavy atom. The second-order valence-corrected chi connectivity index (χ2v) is 7.25. The lowest BCUT2D eigenvalue weighted by atomic mass is 10.3. The first-order chi connectivity index (χ1) is 11.9. The van der Waals surface area contributed by atoms with E-state index in [4.69, 9.17) is 16.3 Å². The van der Waals surface area contributed by atoms with Crippen molar-refractivity contribution in [3.63, 3.8) is 0 Å². The summed E-state index contributed by atoms with van der Waals surface area (Å²) in [5, 5.41) is 9.71. The van der Waals surface area contributed by atoms with Crippen LogP contribution in [-0.2, 0) is 10.0 Å². The third kappa shape index (κ3) is 4.23. The van der Waals surface area contributed by atoms with Crippen LogP contribution in [0.3, 0.4) is 0 Å². The number of para-hydroxylation sites is 1. The van der Waals surface area contributed by atoms with Crippen molar-refractivity contribution in [2.75, 3.05) is 4.72 Å². The first-order valence-electron chi connectivity index (χ1n) is 7.28. The number of aromatic hydroxyl groups is 1. The highest BCUT2D eigenvalue weighted by Gasteiger charge is 2.14. The number of rotatable bonds is 5. The monoisotopic (exact) mass is 375 g/mol. The van der Waals surface area contributed by atoms with Gasteiger partial charge in [-0.2, -0.15) is 0 Å². The van der Waals surface area contributed by atoms with Gasteiger partial charge >= 0.3 is 0 Å². The van der Waals surface area contributed by atoms with E-state index in [1.807, 2.05) is 0 Å². The Balaban J connectivity index is 1.77. The van der Waals surface area contributed by atoms with Crippen LogP contribution in [0.4, 0.5) is 5.69 Å². The normalized spacial score (nSPS) is 11.1. The van der Waals surface area contributed by atoms with Crippen LogP contribution in [-0.4, -0.2) is 13.5 Å². The maximum absolute atomic E-state index is 12.4. The molecular formula is C18H14ClNO4S. The van der Waals surface area contributed by atoms with E-state index >= 15 is 0 Å². The molecule has 0 saturated heterocycles. The predicted molar refractivity (Wildman–Crippen MR) is 96.9 cm³/mol. The highest BCUT2D eigenvalue weighted by atomic mass is 35.5. The molecule has 2 N–H and O–H groups in total. The number of nitrogens with one attached hydrogen (secondary N) is 1. The summed E-state index contributed by atoms with van der Waals surface area (Å²) in [4.78, 5) is 0.0899. The van der Waals surface area contributed by atoms with Gasteiger partial charge in [0.1, 0.15) is 17.2 Å². The van der Waals surface area contributed by atoms with E-state index in [1.54, 1.807) is 36.4 Å². The lowest BCUT2D eigenvalue weighted by molar-refractivity contribution is 0.475. The summed E-state index contributed by atoms with van der Waals surface area (Å²) >= 11 is 6.03. The fourth-order valence-electron chi connectivity index (χ4n) is 2.08. The van der Waals surface area contributed by atoms with Gasteiger partial charge in [-0.15, -0.1) is 0 Å². The van der Waals surface area contributed by atoms with Crippen molar-refractivity contribution >= 4 is 27.3 Å². The molecule has 0 bridgehead atoms. The number of anilines is 1. The van der Waals surface area contributed by atoms with Crippen molar-refractivity contribution in [1.82, 2.24) is 0 Å². The summed E-state index contributed by atoms with van der Waals surface area (Å²) in [5.41, 5.74) is 0.356. The molecule has 0 aliphatic carbocycles. The van der Waals surface area contributed by atoms with Gasteiger partial charge in [0.05, 0.1) is 9.92 Å². The van der Waals surface area contributed by atoms with Crippen molar-refractivity contribution in [2.45, 2.75) is 4.90 Å². The van der Waals surface area contributed by atoms with E-state index in [2.05, 4.69) is 4.72 Å². The molecule has 5 nitrogen and oxygen atoms in total. The second-order valence-electron chi connectivity index (χ2n) is 5.16. The van der Waals surface area contributed by atoms with Crippen molar-refractivity contribution in [3.05, 3.63) is 77.8 Å². The van der Waals surface area contributed by atoms with Crippen molar-refractivity contribution < 1.29 is 18.3 Å². The molecule has 0 atom stereocenters. The fraction of sp³-hybridized carbons (Fsp3) is 0. The van der Waals surface area contributed by atoms with E-state index < -0.39 is 10.0 Å². The van der Waals surface area contributed by atoms with Crippen molar-refractivity contribution in [3.8, 4) is 17.2 Å². The van der Waals surface area contributed by atoms with Gasteiger partial charge in [-0.1, -0.05) is 23.7 Å². The standard InChI is InChI=1S/C18H14ClNO4S/c19-17-3-1-2-4-18(17)24-15-9-11-16(12-10-15)25(22,23)20-13-5-7-14(21)8-6-13/h1-12,20-21H. The van der Waals surface area contributed by atoms with Gasteiger partial charge in [0.15, 0.2) is 0 Å². The molecule has 0 aromatic heterocycles. The molecule has 0 unspecified atom stereocenters. The fourth-order valence-corrected chi connectivity index (χ4v) is 3.32. The van der Waals surface area contributed by atoms with Crippen LogP contribution in [0.2, 0.25) is 5.02 Å². The Kier molecular flexibility index (Phi) is 4.83. The van der Waals surface area contributed by atoms with E-state index in [1.165, 1.54) is 36.4 Å². The first-order valence-corrected chi connectivity index (χ1v) is 9.14. The average molecular weight is 376 g/mol. The van der Waals surface area contributed by atoms with Gasteiger partial charge in [-0.3, -0.25) is 4.72 Å². The summed E-state index contributed by atoms with van der Waals surface area (Å²) in [7, 11) is -3.74. The van der Waals surface area contributed by atoms with Gasteiger partial charge in [-0.25, -0.2) is 8.42 Å². The quantitative estimate of drug-likeness (QED) is 0.637. The van der Waals surface area contributed by atoms with Gasteiger partial charge in [0.2, 0.25) is 0 Å². The number of hydrogen-bond donors (Lipinski definition) is 2. The van der Waals surface area contributed by atoms with Gasteiger partial charge in [0, 0.05) is 5.69 Å². The average Bonchev–Trinajstić information content (AvgIpc) is 2.59. The molecule has 7 heteroatoms. The van der Waals surface area contributed by atoms with Crippen LogP contribution in [0, 0.1) is 0 Å². The third-order valence-corrected chi connectivity index (χ3v) is 5.03. The molecular weight excluding hydrogens is 362 g/mol. The van der Waals surface area contributed by atoms with E-state index in [-0.39, 0.29) is 10.6 Å². The van der Waals surface area contributed by atoms with Gasteiger partial charge in [-0.05, 0) is 60.7 Å². The van der Waals surface area contributed by atoms with Crippen LogP contribution < -0.4 is 9.46 Å². The molecule has 0 saturated carbocycles. The Morgan fingerprint density at radius 3 is 2.16 bits per heavy atom. The molecule has 0 radical (unpaired) electrons. The van der Waals surface area contributed by atoms with Crippen LogP contribution in [0.25, 0.3) is 0 Å². The molecule has 3 aromatic rings. The number of hydrogen-bond acceptors (Lipinski definition) is 4. The lowest BCUT2D eigenvalue weighted by Crippen LogP contribution is -2.12. The number of phenolic OH excluding ortho intramolecular Hbond substituents is 1. The maximum Gasteiger partial charge on any atom is 0.261 e. The second kappa shape index (κ2) is 7.04. The van der Waals surface area contributed by atoms with Crippen molar-refractivity contribution in [1.29, 1.82) is 0 Å². The first kappa shape index (κ1) is 17.1. The summed E-state index contributed by atoms with van der Waals surface area (Å²) in [6.07, 6.45) is 0. The van der Waals surface area contributed by atoms with E-state index in [9.17, 15) is 13.5 Å². The molecule has 0 spiro atoms. The Morgan fingerprint density at radius 1 is 0.880 bits per heavy atom. The minimum absolute atomic E-state index is 0.0593. The van der Waals surface area contributed by atoms with Crippen LogP contribution in [0.15, 0.2) is 77.7 Å². The molecule has 0 heterocycles. The number of ether oxygens (including phenoxy) is 1. The zero-order valence-electron chi connectivity index (χ0n) is 12.9. The predicted octanol–water partition coefficient (Wildman–Crippen LogP) is 4.64. The zero-order valence-corrected chi connectivity index (χ0v) is 14.5. The smallest absolute Gasteiger partial charge is 0.261 e. The number of halogens is 1. The zero-order chi connectivity index (χ0) is 17.9. The van der Waals surface area contributed by atoms with Crippen LogP contribution in [0.5, 0.6) is 17.2 Å². The largest absolute Gasteiger partial charge is 0.508 e. The molecule has 128 valence electrons. The molecule has 0 aliphatic rings. The molecule has 3 rings (SSSR count). The van der Waals surface area contributed by atoms with Crippen molar-refractivity contribution in [2.24, 2.45) is 0 Å². The highest BCUT2D eigenvalue weighted by Crippen LogP contribution is 2.29. The number of phenols is 1. The molecule has 3 aromatic carbocycles. The van der Waals surface area contributed by atoms with Crippen LogP contribution in [0.1, 0.15) is 0 Å². The summed E-state index contributed by atoms with van der Waals surface area (Å²) in [6, 6.07) is 18.7. The third-order valence-electron chi connectivity index (χ3n) is 3.32. The number of sulfonamides is 1. The van der Waals surface area contributed by atoms with Gasteiger partial charge in [0.25, 0.3) is 10.0 Å². The summed E-state index contributed by atoms with van der Waals surface area (Å²) in [5.74, 6) is 1.02. The lowest BCUT2D eigenvalue weighted by Gasteiger charge is -2.10. The Labute approximate surface area is 150 Å². The van der Waals surface area contributed by atoms with E-state index in [0.717, 1.165) is 0 Å². The maximum atomic E-state index is 12.4. The summed E-state index contributed by atoms with van der Waals surface area (Å²) in [6.45, 7) is 0. The molecule has 0 aliphatic heterocycles. The summed E-state index contributed by atoms with van der Waals surface area (Å²) < 4.78 is 32.8. The Bertz CT molecular complexity index is 971. The topological polar surface area (TPSA) is 75.6 Å². The number of benzene rings is 3. The molecule has 0 amide bonds. The minimum atomic E-state index is -3.74. The Hall–Kier alpha value is -2.70. The molecule has 25 heavy (non-hydrogen) atoms. The van der Waals surface area contributed by atoms with E-state index in [0.29, 0.717) is 22.2 Å².